The smallest absolute Gasteiger partial charge is 0.307 e. The number of ether oxygens (including phenoxy) is 1. The number of carbonyl (C=O) groups is 1. The van der Waals surface area contributed by atoms with E-state index in [9.17, 15) is 9.90 Å². The van der Waals surface area contributed by atoms with E-state index >= 15 is 0 Å². The lowest BCUT2D eigenvalue weighted by Crippen LogP contribution is -2.40. The Morgan fingerprint density at radius 1 is 1.11 bits per heavy atom. The van der Waals surface area contributed by atoms with Crippen LogP contribution in [0.1, 0.15) is 24.0 Å². The van der Waals surface area contributed by atoms with Gasteiger partial charge in [-0.1, -0.05) is 60.7 Å². The molecule has 1 heterocycles. The minimum atomic E-state index is -0.683. The zero-order valence-electron chi connectivity index (χ0n) is 16.0. The van der Waals surface area contributed by atoms with Crippen molar-refractivity contribution in [3.8, 4) is 0 Å². The fourth-order valence-electron chi connectivity index (χ4n) is 3.45. The largest absolute Gasteiger partial charge is 0.481 e. The average Bonchev–Trinajstić information content (AvgIpc) is 2.72. The number of hydrogen-bond donors (Lipinski definition) is 1. The number of likely N-dealkylation sites (tertiary alicyclic amines) is 1. The second-order valence-corrected chi connectivity index (χ2v) is 6.98. The highest BCUT2D eigenvalue weighted by atomic mass is 35.5. The molecule has 1 atom stereocenters. The average molecular weight is 402 g/mol. The summed E-state index contributed by atoms with van der Waals surface area (Å²) in [4.78, 5) is 13.4. The van der Waals surface area contributed by atoms with Crippen LogP contribution in [0.5, 0.6) is 0 Å². The van der Waals surface area contributed by atoms with Gasteiger partial charge in [-0.25, -0.2) is 0 Å². The van der Waals surface area contributed by atoms with Crippen LogP contribution >= 0.6 is 12.4 Å². The molecule has 2 aromatic rings. The predicted molar refractivity (Wildman–Crippen MR) is 116 cm³/mol. The summed E-state index contributed by atoms with van der Waals surface area (Å²) in [5, 5.41) is 9.20. The van der Waals surface area contributed by atoms with Crippen LogP contribution in [0.4, 0.5) is 0 Å². The van der Waals surface area contributed by atoms with E-state index in [2.05, 4.69) is 35.2 Å². The van der Waals surface area contributed by atoms with Gasteiger partial charge in [0.15, 0.2) is 0 Å². The van der Waals surface area contributed by atoms with Crippen LogP contribution < -0.4 is 0 Å². The SMILES string of the molecule is Cl.O=C(O)C1CCCN(CCOCC(=Cc2ccccc2)c2ccccc2)C1. The van der Waals surface area contributed by atoms with Gasteiger partial charge < -0.3 is 14.7 Å². The first-order valence-corrected chi connectivity index (χ1v) is 9.56. The summed E-state index contributed by atoms with van der Waals surface area (Å²) in [6, 6.07) is 20.5. The van der Waals surface area contributed by atoms with Gasteiger partial charge in [-0.05, 0) is 42.2 Å². The number of halogens is 1. The Morgan fingerprint density at radius 3 is 2.46 bits per heavy atom. The van der Waals surface area contributed by atoms with E-state index in [1.54, 1.807) is 0 Å². The van der Waals surface area contributed by atoms with E-state index in [1.165, 1.54) is 0 Å². The van der Waals surface area contributed by atoms with E-state index in [-0.39, 0.29) is 18.3 Å². The highest BCUT2D eigenvalue weighted by molar-refractivity contribution is 5.85. The van der Waals surface area contributed by atoms with Crippen molar-refractivity contribution in [3.05, 3.63) is 71.8 Å². The van der Waals surface area contributed by atoms with Crippen LogP contribution in [-0.4, -0.2) is 48.8 Å². The second-order valence-electron chi connectivity index (χ2n) is 6.98. The molecule has 4 nitrogen and oxygen atoms in total. The van der Waals surface area contributed by atoms with Gasteiger partial charge in [0.2, 0.25) is 0 Å². The molecule has 1 N–H and O–H groups in total. The molecule has 1 aliphatic rings. The second kappa shape index (κ2) is 11.6. The third-order valence-electron chi connectivity index (χ3n) is 4.95. The number of benzene rings is 2. The molecule has 0 spiro atoms. The molecule has 0 radical (unpaired) electrons. The number of hydrogen-bond acceptors (Lipinski definition) is 3. The summed E-state index contributed by atoms with van der Waals surface area (Å²) in [5.41, 5.74) is 3.45. The fourth-order valence-corrected chi connectivity index (χ4v) is 3.45. The number of carboxylic acids is 1. The molecule has 5 heteroatoms. The third-order valence-corrected chi connectivity index (χ3v) is 4.95. The van der Waals surface area contributed by atoms with Gasteiger partial charge in [0.1, 0.15) is 0 Å². The van der Waals surface area contributed by atoms with E-state index in [1.807, 2.05) is 36.4 Å². The summed E-state index contributed by atoms with van der Waals surface area (Å²) in [6.45, 7) is 3.50. The van der Waals surface area contributed by atoms with Gasteiger partial charge in [-0.3, -0.25) is 4.79 Å². The maximum atomic E-state index is 11.2. The van der Waals surface area contributed by atoms with Crippen LogP contribution in [0.2, 0.25) is 0 Å². The molecule has 1 fully saturated rings. The number of aliphatic carboxylic acids is 1. The van der Waals surface area contributed by atoms with Crippen molar-refractivity contribution in [2.45, 2.75) is 12.8 Å². The first-order chi connectivity index (χ1) is 13.2. The van der Waals surface area contributed by atoms with E-state index in [0.29, 0.717) is 19.8 Å². The summed E-state index contributed by atoms with van der Waals surface area (Å²) in [6.07, 6.45) is 3.89. The zero-order chi connectivity index (χ0) is 18.9. The summed E-state index contributed by atoms with van der Waals surface area (Å²) >= 11 is 0. The van der Waals surface area contributed by atoms with Crippen molar-refractivity contribution in [3.63, 3.8) is 0 Å². The molecule has 150 valence electrons. The molecular weight excluding hydrogens is 374 g/mol. The monoisotopic (exact) mass is 401 g/mol. The number of piperidine rings is 1. The van der Waals surface area contributed by atoms with Crippen LogP contribution in [0, 0.1) is 5.92 Å². The summed E-state index contributed by atoms with van der Waals surface area (Å²) < 4.78 is 5.96. The lowest BCUT2D eigenvalue weighted by atomic mass is 9.98. The van der Waals surface area contributed by atoms with Gasteiger partial charge in [0, 0.05) is 13.1 Å². The topological polar surface area (TPSA) is 49.8 Å². The Labute approximate surface area is 173 Å². The number of carboxylic acid groups (broad SMARTS) is 1. The van der Waals surface area contributed by atoms with Gasteiger partial charge in [0.25, 0.3) is 0 Å². The van der Waals surface area contributed by atoms with Crippen LogP contribution in [0.3, 0.4) is 0 Å². The molecule has 0 saturated carbocycles. The molecule has 2 aromatic carbocycles. The van der Waals surface area contributed by atoms with Crippen LogP contribution in [0.15, 0.2) is 60.7 Å². The number of nitrogens with zero attached hydrogens (tertiary/aromatic N) is 1. The molecule has 0 bridgehead atoms. The molecular formula is C23H28ClNO3. The van der Waals surface area contributed by atoms with Gasteiger partial charge >= 0.3 is 5.97 Å². The molecule has 0 aliphatic carbocycles. The molecule has 1 saturated heterocycles. The van der Waals surface area contributed by atoms with Gasteiger partial charge in [-0.2, -0.15) is 0 Å². The van der Waals surface area contributed by atoms with Crippen molar-refractivity contribution in [2.24, 2.45) is 5.92 Å². The first kappa shape index (κ1) is 22.2. The Hall–Kier alpha value is -2.14. The molecule has 28 heavy (non-hydrogen) atoms. The quantitative estimate of drug-likeness (QED) is 0.524. The van der Waals surface area contributed by atoms with E-state index < -0.39 is 5.97 Å². The Kier molecular flexibility index (Phi) is 9.21. The first-order valence-electron chi connectivity index (χ1n) is 9.56. The predicted octanol–water partition coefficient (Wildman–Crippen LogP) is 4.46. The lowest BCUT2D eigenvalue weighted by Gasteiger charge is -2.30. The highest BCUT2D eigenvalue weighted by Gasteiger charge is 2.24. The fraction of sp³-hybridized carbons (Fsp3) is 0.348. The van der Waals surface area contributed by atoms with Gasteiger partial charge in [-0.15, -0.1) is 12.4 Å². The molecule has 0 amide bonds. The van der Waals surface area contributed by atoms with Crippen molar-refractivity contribution < 1.29 is 14.6 Å². The minimum absolute atomic E-state index is 0. The molecule has 3 rings (SSSR count). The van der Waals surface area contributed by atoms with Crippen molar-refractivity contribution in [2.75, 3.05) is 32.8 Å². The summed E-state index contributed by atoms with van der Waals surface area (Å²) in [7, 11) is 0. The number of rotatable bonds is 8. The van der Waals surface area contributed by atoms with Crippen molar-refractivity contribution in [1.29, 1.82) is 0 Å². The normalized spacial score (nSPS) is 17.7. The summed E-state index contributed by atoms with van der Waals surface area (Å²) in [5.74, 6) is -0.922. The Morgan fingerprint density at radius 2 is 1.79 bits per heavy atom. The van der Waals surface area contributed by atoms with E-state index in [4.69, 9.17) is 4.74 Å². The zero-order valence-corrected chi connectivity index (χ0v) is 16.8. The third kappa shape index (κ3) is 6.79. The van der Waals surface area contributed by atoms with E-state index in [0.717, 1.165) is 42.6 Å². The highest BCUT2D eigenvalue weighted by Crippen LogP contribution is 2.19. The van der Waals surface area contributed by atoms with Gasteiger partial charge in [0.05, 0.1) is 19.1 Å². The standard InChI is InChI=1S/C23H27NO3.ClH/c25-23(26)21-12-7-13-24(17-21)14-15-27-18-22(20-10-5-2-6-11-20)16-19-8-3-1-4-9-19;/h1-6,8-11,16,21H,7,12-15,17-18H2,(H,25,26);1H. The molecule has 1 aliphatic heterocycles. The maximum absolute atomic E-state index is 11.2. The lowest BCUT2D eigenvalue weighted by molar-refractivity contribution is -0.143. The van der Waals surface area contributed by atoms with Crippen molar-refractivity contribution in [1.82, 2.24) is 4.90 Å². The molecule has 0 aromatic heterocycles. The van der Waals surface area contributed by atoms with Crippen molar-refractivity contribution >= 4 is 30.0 Å². The Bertz CT molecular complexity index is 749. The molecule has 1 unspecified atom stereocenters. The maximum Gasteiger partial charge on any atom is 0.307 e. The Balaban J connectivity index is 0.00000280. The van der Waals surface area contributed by atoms with Crippen LogP contribution in [0.25, 0.3) is 11.6 Å². The van der Waals surface area contributed by atoms with Crippen LogP contribution in [-0.2, 0) is 9.53 Å². The minimum Gasteiger partial charge on any atom is -0.481 e.